The van der Waals surface area contributed by atoms with Gasteiger partial charge in [0, 0.05) is 6.21 Å². The Bertz CT molecular complexity index is 263. The highest BCUT2D eigenvalue weighted by atomic mass is 32.2. The van der Waals surface area contributed by atoms with Gasteiger partial charge in [-0.1, -0.05) is 11.8 Å². The Morgan fingerprint density at radius 3 is 2.77 bits per heavy atom. The molecular weight excluding hydrogens is 186 g/mol. The van der Waals surface area contributed by atoms with Crippen LogP contribution in [0.3, 0.4) is 0 Å². The molecule has 0 atom stereocenters. The first kappa shape index (κ1) is 10.3. The fourth-order valence-corrected chi connectivity index (χ4v) is 1.39. The van der Waals surface area contributed by atoms with Crippen LogP contribution in [0.2, 0.25) is 0 Å². The molecule has 0 saturated carbocycles. The summed E-state index contributed by atoms with van der Waals surface area (Å²) in [5.41, 5.74) is -0.424. The van der Waals surface area contributed by atoms with Crippen molar-refractivity contribution in [3.05, 3.63) is 11.0 Å². The maximum atomic E-state index is 11.4. The van der Waals surface area contributed by atoms with E-state index >= 15 is 0 Å². The quantitative estimate of drug-likeness (QED) is 0.606. The van der Waals surface area contributed by atoms with Gasteiger partial charge in [0.25, 0.3) is 0 Å². The summed E-state index contributed by atoms with van der Waals surface area (Å²) in [5, 5.41) is 0. The molecule has 0 aliphatic carbocycles. The van der Waals surface area contributed by atoms with Gasteiger partial charge in [0.05, 0.1) is 10.8 Å². The van der Waals surface area contributed by atoms with Crippen LogP contribution in [-0.2, 0) is 9.53 Å². The minimum absolute atomic E-state index is 0.261. The molecule has 1 aliphatic heterocycles. The molecule has 0 N–H and O–H groups in total. The third-order valence-electron chi connectivity index (χ3n) is 1.23. The van der Waals surface area contributed by atoms with Crippen molar-refractivity contribution in [1.82, 2.24) is 0 Å². The van der Waals surface area contributed by atoms with Crippen LogP contribution >= 0.6 is 11.8 Å². The number of rotatable bonds is 1. The van der Waals surface area contributed by atoms with Crippen molar-refractivity contribution in [1.29, 1.82) is 0 Å². The molecule has 0 spiro atoms. The average molecular weight is 199 g/mol. The van der Waals surface area contributed by atoms with Crippen LogP contribution in [0.5, 0.6) is 0 Å². The molecule has 0 fully saturated rings. The van der Waals surface area contributed by atoms with Gasteiger partial charge >= 0.3 is 5.97 Å². The van der Waals surface area contributed by atoms with E-state index in [-0.39, 0.29) is 5.97 Å². The smallest absolute Gasteiger partial charge is 0.345 e. The number of thioether (sulfide) groups is 1. The van der Waals surface area contributed by atoms with Crippen molar-refractivity contribution in [3.8, 4) is 0 Å². The third-order valence-corrected chi connectivity index (χ3v) is 2.12. The van der Waals surface area contributed by atoms with Crippen molar-refractivity contribution >= 4 is 23.9 Å². The van der Waals surface area contributed by atoms with Crippen molar-refractivity contribution in [3.63, 3.8) is 0 Å². The fourth-order valence-electron chi connectivity index (χ4n) is 0.774. The van der Waals surface area contributed by atoms with Crippen molar-refractivity contribution < 1.29 is 9.53 Å². The summed E-state index contributed by atoms with van der Waals surface area (Å²) >= 11 is 1.40. The number of carbonyl (C=O) groups is 1. The Kier molecular flexibility index (Phi) is 3.14. The lowest BCUT2D eigenvalue weighted by Gasteiger charge is -2.20. The Morgan fingerprint density at radius 1 is 1.62 bits per heavy atom. The van der Waals surface area contributed by atoms with Gasteiger partial charge in [-0.05, 0) is 26.8 Å². The van der Waals surface area contributed by atoms with E-state index in [1.54, 1.807) is 12.3 Å². The molecule has 1 heterocycles. The molecule has 0 unspecified atom stereocenters. The molecule has 0 amide bonds. The Balaban J connectivity index is 2.58. The average Bonchev–Trinajstić information content (AvgIpc) is 2.03. The maximum absolute atomic E-state index is 11.4. The highest BCUT2D eigenvalue weighted by molar-refractivity contribution is 8.04. The van der Waals surface area contributed by atoms with Crippen LogP contribution < -0.4 is 0 Å². The molecule has 1 rings (SSSR count). The van der Waals surface area contributed by atoms with Gasteiger partial charge < -0.3 is 4.74 Å². The lowest BCUT2D eigenvalue weighted by Crippen LogP contribution is -2.24. The van der Waals surface area contributed by atoms with E-state index in [4.69, 9.17) is 4.74 Å². The van der Waals surface area contributed by atoms with E-state index in [9.17, 15) is 4.79 Å². The first-order valence-electron chi connectivity index (χ1n) is 4.05. The summed E-state index contributed by atoms with van der Waals surface area (Å²) in [6.45, 7) is 5.56. The number of carbonyl (C=O) groups excluding carboxylic acids is 1. The molecule has 3 nitrogen and oxygen atoms in total. The molecule has 0 aromatic rings. The molecule has 0 bridgehead atoms. The van der Waals surface area contributed by atoms with Gasteiger partial charge in [0.15, 0.2) is 0 Å². The summed E-state index contributed by atoms with van der Waals surface area (Å²) in [6, 6.07) is 0. The third kappa shape index (κ3) is 3.63. The Hall–Kier alpha value is -0.770. The lowest BCUT2D eigenvalue weighted by atomic mass is 10.2. The van der Waals surface area contributed by atoms with Crippen LogP contribution in [0.15, 0.2) is 16.0 Å². The molecule has 0 aromatic heterocycles. The van der Waals surface area contributed by atoms with Gasteiger partial charge in [0.2, 0.25) is 0 Å². The van der Waals surface area contributed by atoms with Crippen LogP contribution in [0.4, 0.5) is 0 Å². The van der Waals surface area contributed by atoms with E-state index in [1.807, 2.05) is 20.8 Å². The van der Waals surface area contributed by atoms with Crippen LogP contribution in [0.25, 0.3) is 0 Å². The Morgan fingerprint density at radius 2 is 2.31 bits per heavy atom. The fraction of sp³-hybridized carbons (Fsp3) is 0.556. The highest BCUT2D eigenvalue weighted by Crippen LogP contribution is 2.22. The van der Waals surface area contributed by atoms with Crippen LogP contribution in [-0.4, -0.2) is 23.7 Å². The SMILES string of the molecule is CC(C)(C)OC(=O)C1=CC=NCS1. The zero-order valence-corrected chi connectivity index (χ0v) is 8.85. The second kappa shape index (κ2) is 3.96. The second-order valence-electron chi connectivity index (χ2n) is 3.64. The van der Waals surface area contributed by atoms with Crippen LogP contribution in [0.1, 0.15) is 20.8 Å². The highest BCUT2D eigenvalue weighted by Gasteiger charge is 2.20. The summed E-state index contributed by atoms with van der Waals surface area (Å²) in [6.07, 6.45) is 3.32. The van der Waals surface area contributed by atoms with Gasteiger partial charge in [-0.25, -0.2) is 4.79 Å². The number of nitrogens with zero attached hydrogens (tertiary/aromatic N) is 1. The zero-order valence-electron chi connectivity index (χ0n) is 8.03. The van der Waals surface area contributed by atoms with Gasteiger partial charge in [-0.3, -0.25) is 4.99 Å². The standard InChI is InChI=1S/C9H13NO2S/c1-9(2,3)12-8(11)7-4-5-10-6-13-7/h4-5H,6H2,1-3H3. The Labute approximate surface area is 82.3 Å². The first-order chi connectivity index (χ1) is 5.99. The lowest BCUT2D eigenvalue weighted by molar-refractivity contribution is -0.148. The topological polar surface area (TPSA) is 38.7 Å². The molecule has 1 aliphatic rings. The molecule has 4 heteroatoms. The van der Waals surface area contributed by atoms with Crippen LogP contribution in [0, 0.1) is 0 Å². The molecular formula is C9H13NO2S. The number of hydrogen-bond acceptors (Lipinski definition) is 4. The van der Waals surface area contributed by atoms with Gasteiger partial charge in [-0.2, -0.15) is 0 Å². The van der Waals surface area contributed by atoms with E-state index in [1.165, 1.54) is 11.8 Å². The monoisotopic (exact) mass is 199 g/mol. The summed E-state index contributed by atoms with van der Waals surface area (Å²) in [7, 11) is 0. The summed E-state index contributed by atoms with van der Waals surface area (Å²) in [4.78, 5) is 16.0. The van der Waals surface area contributed by atoms with Crippen molar-refractivity contribution in [2.75, 3.05) is 5.88 Å². The van der Waals surface area contributed by atoms with Crippen molar-refractivity contribution in [2.24, 2.45) is 4.99 Å². The number of ether oxygens (including phenoxy) is 1. The number of aliphatic imine (C=N–C) groups is 1. The zero-order chi connectivity index (χ0) is 9.90. The number of esters is 1. The minimum atomic E-state index is -0.424. The number of allylic oxidation sites excluding steroid dienone is 1. The minimum Gasteiger partial charge on any atom is -0.456 e. The first-order valence-corrected chi connectivity index (χ1v) is 5.04. The van der Waals surface area contributed by atoms with E-state index in [2.05, 4.69) is 4.99 Å². The molecule has 72 valence electrons. The summed E-state index contributed by atoms with van der Waals surface area (Å²) in [5.74, 6) is 0.342. The van der Waals surface area contributed by atoms with E-state index in [0.717, 1.165) is 0 Å². The molecule has 13 heavy (non-hydrogen) atoms. The predicted octanol–water partition coefficient (Wildman–Crippen LogP) is 1.99. The summed E-state index contributed by atoms with van der Waals surface area (Å²) < 4.78 is 5.19. The maximum Gasteiger partial charge on any atom is 0.345 e. The van der Waals surface area contributed by atoms with Crippen molar-refractivity contribution in [2.45, 2.75) is 26.4 Å². The van der Waals surface area contributed by atoms with E-state index in [0.29, 0.717) is 10.8 Å². The predicted molar refractivity (Wildman–Crippen MR) is 54.9 cm³/mol. The number of hydrogen-bond donors (Lipinski definition) is 0. The second-order valence-corrected chi connectivity index (χ2v) is 4.62. The van der Waals surface area contributed by atoms with Gasteiger partial charge in [0.1, 0.15) is 5.60 Å². The molecule has 0 saturated heterocycles. The molecule has 0 radical (unpaired) electrons. The molecule has 0 aromatic carbocycles. The van der Waals surface area contributed by atoms with Gasteiger partial charge in [-0.15, -0.1) is 0 Å². The largest absolute Gasteiger partial charge is 0.456 e. The van der Waals surface area contributed by atoms with E-state index < -0.39 is 5.60 Å². The normalized spacial score (nSPS) is 16.7.